The molecule has 0 aromatic carbocycles. The third-order valence-corrected chi connectivity index (χ3v) is 3.73. The van der Waals surface area contributed by atoms with Crippen molar-refractivity contribution in [2.75, 3.05) is 20.2 Å². The first kappa shape index (κ1) is 19.1. The average molecular weight is 327 g/mol. The topological polar surface area (TPSA) is 90.0 Å². The Morgan fingerprint density at radius 2 is 1.87 bits per heavy atom. The molecule has 1 amide bonds. The second kappa shape index (κ2) is 7.10. The van der Waals surface area contributed by atoms with Gasteiger partial charge in [0.25, 0.3) is 0 Å². The molecule has 0 aromatic heterocycles. The van der Waals surface area contributed by atoms with Crippen molar-refractivity contribution >= 4 is 23.6 Å². The minimum absolute atomic E-state index is 0.0340. The molecule has 0 radical (unpaired) electrons. The molecule has 0 N–H and O–H groups in total. The molecule has 23 heavy (non-hydrogen) atoms. The van der Waals surface area contributed by atoms with E-state index in [9.17, 15) is 19.2 Å². The predicted molar refractivity (Wildman–Crippen MR) is 81.8 cm³/mol. The number of ether oxygens (including phenoxy) is 2. The maximum atomic E-state index is 12.4. The SMILES string of the molecule is COC(=O)[C@]1(CCC(C)=O)CN(C(=O)OC(C)(C)C)CCC1=O. The average Bonchev–Trinajstić information content (AvgIpc) is 2.43. The number of esters is 1. The van der Waals surface area contributed by atoms with Gasteiger partial charge in [-0.3, -0.25) is 9.59 Å². The zero-order chi connectivity index (χ0) is 17.8. The molecule has 1 heterocycles. The maximum absolute atomic E-state index is 12.4. The van der Waals surface area contributed by atoms with Crippen molar-refractivity contribution in [2.24, 2.45) is 5.41 Å². The van der Waals surface area contributed by atoms with Gasteiger partial charge in [-0.05, 0) is 34.1 Å². The number of carbonyl (C=O) groups excluding carboxylic acids is 4. The number of Topliss-reactive ketones (excluding diaryl/α,β-unsaturated/α-hetero) is 2. The largest absolute Gasteiger partial charge is 0.468 e. The van der Waals surface area contributed by atoms with E-state index in [0.29, 0.717) is 0 Å². The summed E-state index contributed by atoms with van der Waals surface area (Å²) in [6, 6.07) is 0. The summed E-state index contributed by atoms with van der Waals surface area (Å²) in [5.41, 5.74) is -2.17. The summed E-state index contributed by atoms with van der Waals surface area (Å²) in [4.78, 5) is 49.5. The van der Waals surface area contributed by atoms with Crippen molar-refractivity contribution in [3.05, 3.63) is 0 Å². The van der Waals surface area contributed by atoms with Crippen LogP contribution in [0.25, 0.3) is 0 Å². The molecule has 0 saturated carbocycles. The molecular formula is C16H25NO6. The minimum Gasteiger partial charge on any atom is -0.468 e. The molecule has 1 aliphatic heterocycles. The number of amides is 1. The van der Waals surface area contributed by atoms with E-state index in [2.05, 4.69) is 0 Å². The third-order valence-electron chi connectivity index (χ3n) is 3.73. The lowest BCUT2D eigenvalue weighted by Crippen LogP contribution is -2.56. The van der Waals surface area contributed by atoms with E-state index in [0.717, 1.165) is 0 Å². The summed E-state index contributed by atoms with van der Waals surface area (Å²) >= 11 is 0. The molecule has 1 atom stereocenters. The standard InChI is InChI=1S/C16H25NO6/c1-11(18)6-8-16(13(20)22-5)10-17(9-7-12(16)19)14(21)23-15(2,3)4/h6-10H2,1-5H3/t16-/m1/s1. The molecule has 0 bridgehead atoms. The van der Waals surface area contributed by atoms with Crippen molar-refractivity contribution in [3.8, 4) is 0 Å². The zero-order valence-corrected chi connectivity index (χ0v) is 14.4. The van der Waals surface area contributed by atoms with Gasteiger partial charge in [-0.25, -0.2) is 4.79 Å². The Morgan fingerprint density at radius 1 is 1.26 bits per heavy atom. The van der Waals surface area contributed by atoms with Crippen LogP contribution in [0.15, 0.2) is 0 Å². The van der Waals surface area contributed by atoms with Crippen molar-refractivity contribution < 1.29 is 28.7 Å². The van der Waals surface area contributed by atoms with Gasteiger partial charge in [0.05, 0.1) is 7.11 Å². The van der Waals surface area contributed by atoms with Crippen LogP contribution >= 0.6 is 0 Å². The molecule has 0 spiro atoms. The number of rotatable bonds is 4. The Hall–Kier alpha value is -1.92. The molecule has 1 saturated heterocycles. The number of nitrogens with zero attached hydrogens (tertiary/aromatic N) is 1. The van der Waals surface area contributed by atoms with Crippen LogP contribution in [0, 0.1) is 5.41 Å². The molecule has 0 aliphatic carbocycles. The van der Waals surface area contributed by atoms with Crippen LogP contribution in [0.1, 0.15) is 47.0 Å². The first-order valence-corrected chi connectivity index (χ1v) is 7.61. The molecule has 1 rings (SSSR count). The minimum atomic E-state index is -1.49. The van der Waals surface area contributed by atoms with E-state index in [1.165, 1.54) is 18.9 Å². The summed E-state index contributed by atoms with van der Waals surface area (Å²) in [5, 5.41) is 0. The van der Waals surface area contributed by atoms with Gasteiger partial charge < -0.3 is 19.2 Å². The Labute approximate surface area is 136 Å². The lowest BCUT2D eigenvalue weighted by molar-refractivity contribution is -0.162. The fourth-order valence-corrected chi connectivity index (χ4v) is 2.53. The summed E-state index contributed by atoms with van der Waals surface area (Å²) in [5.74, 6) is -1.14. The van der Waals surface area contributed by atoms with Crippen molar-refractivity contribution in [3.63, 3.8) is 0 Å². The Balaban J connectivity index is 3.02. The lowest BCUT2D eigenvalue weighted by atomic mass is 9.74. The molecule has 0 unspecified atom stereocenters. The molecular weight excluding hydrogens is 302 g/mol. The Bertz CT molecular complexity index is 497. The van der Waals surface area contributed by atoms with Gasteiger partial charge in [0.15, 0.2) is 5.78 Å². The lowest BCUT2D eigenvalue weighted by Gasteiger charge is -2.39. The summed E-state index contributed by atoms with van der Waals surface area (Å²) in [6.45, 7) is 6.67. The van der Waals surface area contributed by atoms with E-state index in [-0.39, 0.29) is 43.9 Å². The monoisotopic (exact) mass is 327 g/mol. The second-order valence-electron chi connectivity index (χ2n) is 6.85. The van der Waals surface area contributed by atoms with Crippen molar-refractivity contribution in [1.29, 1.82) is 0 Å². The number of ketones is 2. The van der Waals surface area contributed by atoms with E-state index in [1.807, 2.05) is 0 Å². The smallest absolute Gasteiger partial charge is 0.410 e. The molecule has 7 heteroatoms. The Morgan fingerprint density at radius 3 is 2.35 bits per heavy atom. The number of likely N-dealkylation sites (tertiary alicyclic amines) is 1. The summed E-state index contributed by atoms with van der Waals surface area (Å²) in [7, 11) is 1.19. The number of carbonyl (C=O) groups is 4. The highest BCUT2D eigenvalue weighted by molar-refractivity contribution is 6.05. The highest BCUT2D eigenvalue weighted by atomic mass is 16.6. The quantitative estimate of drug-likeness (QED) is 0.577. The van der Waals surface area contributed by atoms with Gasteiger partial charge in [0.1, 0.15) is 16.8 Å². The highest BCUT2D eigenvalue weighted by Crippen LogP contribution is 2.34. The summed E-state index contributed by atoms with van der Waals surface area (Å²) < 4.78 is 10.1. The number of hydrogen-bond acceptors (Lipinski definition) is 6. The van der Waals surface area contributed by atoms with Gasteiger partial charge in [0, 0.05) is 25.9 Å². The van der Waals surface area contributed by atoms with Crippen molar-refractivity contribution in [2.45, 2.75) is 52.6 Å². The fourth-order valence-electron chi connectivity index (χ4n) is 2.53. The third kappa shape index (κ3) is 4.77. The van der Waals surface area contributed by atoms with Crippen LogP contribution in [0.4, 0.5) is 4.79 Å². The first-order valence-electron chi connectivity index (χ1n) is 7.61. The van der Waals surface area contributed by atoms with E-state index in [1.54, 1.807) is 20.8 Å². The van der Waals surface area contributed by atoms with Crippen LogP contribution in [-0.2, 0) is 23.9 Å². The molecule has 1 aliphatic rings. The van der Waals surface area contributed by atoms with Gasteiger partial charge in [-0.2, -0.15) is 0 Å². The molecule has 7 nitrogen and oxygen atoms in total. The van der Waals surface area contributed by atoms with E-state index >= 15 is 0 Å². The van der Waals surface area contributed by atoms with E-state index < -0.39 is 23.1 Å². The van der Waals surface area contributed by atoms with E-state index in [4.69, 9.17) is 9.47 Å². The van der Waals surface area contributed by atoms with Gasteiger partial charge >= 0.3 is 12.1 Å². The van der Waals surface area contributed by atoms with Gasteiger partial charge in [-0.1, -0.05) is 0 Å². The maximum Gasteiger partial charge on any atom is 0.410 e. The fraction of sp³-hybridized carbons (Fsp3) is 0.750. The highest BCUT2D eigenvalue weighted by Gasteiger charge is 2.51. The van der Waals surface area contributed by atoms with Crippen molar-refractivity contribution in [1.82, 2.24) is 4.90 Å². The van der Waals surface area contributed by atoms with Crippen LogP contribution in [0.5, 0.6) is 0 Å². The zero-order valence-electron chi connectivity index (χ0n) is 14.4. The van der Waals surface area contributed by atoms with Crippen LogP contribution < -0.4 is 0 Å². The normalized spacial score (nSPS) is 21.8. The van der Waals surface area contributed by atoms with Gasteiger partial charge in [0.2, 0.25) is 0 Å². The number of hydrogen-bond donors (Lipinski definition) is 0. The predicted octanol–water partition coefficient (Wildman–Crippen LogP) is 1.72. The number of methoxy groups -OCH3 is 1. The molecule has 130 valence electrons. The second-order valence-corrected chi connectivity index (χ2v) is 6.85. The molecule has 0 aromatic rings. The first-order chi connectivity index (χ1) is 10.5. The van der Waals surface area contributed by atoms with Gasteiger partial charge in [-0.15, -0.1) is 0 Å². The number of piperidine rings is 1. The summed E-state index contributed by atoms with van der Waals surface area (Å²) in [6.07, 6.45) is -0.441. The van der Waals surface area contributed by atoms with Crippen LogP contribution in [0.3, 0.4) is 0 Å². The molecule has 1 fully saturated rings. The van der Waals surface area contributed by atoms with Crippen LogP contribution in [-0.4, -0.2) is 54.3 Å². The van der Waals surface area contributed by atoms with Crippen LogP contribution in [0.2, 0.25) is 0 Å². The Kier molecular flexibility index (Phi) is 5.91.